The average Bonchev–Trinajstić information content (AvgIpc) is 1.68. The molecule has 15 aromatic rings. The lowest BCUT2D eigenvalue weighted by Gasteiger charge is -2.26. The van der Waals surface area contributed by atoms with Crippen LogP contribution in [-0.4, -0.2) is 43.6 Å². The molecular weight excluding hydrogens is 1090 g/mol. The third kappa shape index (κ3) is 9.26. The SMILES string of the molecule is Cc1nc(C)nc(-c2cc(C#N)ccc2-n2c3ccccc3c3ccc(-n4c5ccccc5c5cc(CC(C)(C)c6ccc7c(c6)c6cc(C(C)(C)C)ccc6n7-c6cccc(C#N)c6-c6nc(-c7ccccc7)nc(-c7ccccc7)n6)ccc54)cc32)n1. The molecule has 0 radical (unpaired) electrons. The first-order valence-corrected chi connectivity index (χ1v) is 30.0. The van der Waals surface area contributed by atoms with Crippen LogP contribution in [0.4, 0.5) is 0 Å². The van der Waals surface area contributed by atoms with Crippen LogP contribution in [0.25, 0.3) is 128 Å². The minimum absolute atomic E-state index is 0.113. The summed E-state index contributed by atoms with van der Waals surface area (Å²) in [4.78, 5) is 29.4. The summed E-state index contributed by atoms with van der Waals surface area (Å²) in [5, 5.41) is 27.9. The predicted octanol–water partition coefficient (Wildman–Crippen LogP) is 18.2. The molecule has 89 heavy (non-hydrogen) atoms. The first-order chi connectivity index (χ1) is 43.2. The number of hydrogen-bond donors (Lipinski definition) is 0. The summed E-state index contributed by atoms with van der Waals surface area (Å²) in [6, 6.07) is 81.1. The van der Waals surface area contributed by atoms with E-state index in [1.807, 2.05) is 105 Å². The number of para-hydroxylation sites is 2. The summed E-state index contributed by atoms with van der Waals surface area (Å²) < 4.78 is 6.97. The van der Waals surface area contributed by atoms with Crippen molar-refractivity contribution in [3.05, 3.63) is 258 Å². The van der Waals surface area contributed by atoms with Gasteiger partial charge in [0.05, 0.1) is 73.3 Å². The van der Waals surface area contributed by atoms with Crippen LogP contribution in [0.1, 0.15) is 74.1 Å². The van der Waals surface area contributed by atoms with Gasteiger partial charge in [-0.1, -0.05) is 162 Å². The number of nitriles is 2. The molecule has 0 saturated heterocycles. The van der Waals surface area contributed by atoms with Crippen LogP contribution in [0.3, 0.4) is 0 Å². The summed E-state index contributed by atoms with van der Waals surface area (Å²) >= 11 is 0. The van der Waals surface area contributed by atoms with Gasteiger partial charge < -0.3 is 13.7 Å². The molecule has 11 heteroatoms. The van der Waals surface area contributed by atoms with Gasteiger partial charge in [0.1, 0.15) is 11.6 Å². The number of rotatable bonds is 10. The van der Waals surface area contributed by atoms with Crippen LogP contribution >= 0.6 is 0 Å². The van der Waals surface area contributed by atoms with Gasteiger partial charge in [0.25, 0.3) is 0 Å². The Labute approximate surface area is 515 Å². The lowest BCUT2D eigenvalue weighted by atomic mass is 9.78. The summed E-state index contributed by atoms with van der Waals surface area (Å²) in [6.07, 6.45) is 0.778. The van der Waals surface area contributed by atoms with E-state index in [4.69, 9.17) is 24.9 Å². The van der Waals surface area contributed by atoms with E-state index in [1.54, 1.807) is 0 Å². The molecule has 0 aliphatic rings. The van der Waals surface area contributed by atoms with Crippen molar-refractivity contribution in [1.82, 2.24) is 43.6 Å². The van der Waals surface area contributed by atoms with E-state index in [0.29, 0.717) is 51.6 Å². The number of nitrogens with zero attached hydrogens (tertiary/aromatic N) is 11. The monoisotopic (exact) mass is 1150 g/mol. The first-order valence-electron chi connectivity index (χ1n) is 30.0. The van der Waals surface area contributed by atoms with E-state index in [9.17, 15) is 10.5 Å². The fraction of sp³-hybridized carbons (Fsp3) is 0.128. The van der Waals surface area contributed by atoms with E-state index < -0.39 is 0 Å². The Morgan fingerprint density at radius 1 is 0.382 bits per heavy atom. The van der Waals surface area contributed by atoms with Crippen molar-refractivity contribution < 1.29 is 0 Å². The van der Waals surface area contributed by atoms with Crippen molar-refractivity contribution in [2.45, 2.75) is 65.7 Å². The molecule has 5 heterocycles. The van der Waals surface area contributed by atoms with E-state index in [-0.39, 0.29) is 10.8 Å². The normalized spacial score (nSPS) is 12.0. The third-order valence-electron chi connectivity index (χ3n) is 17.5. The Kier molecular flexibility index (Phi) is 12.8. The van der Waals surface area contributed by atoms with Gasteiger partial charge in [-0.15, -0.1) is 0 Å². The minimum atomic E-state index is -0.309. The highest BCUT2D eigenvalue weighted by atomic mass is 15.1. The van der Waals surface area contributed by atoms with Gasteiger partial charge in [0.2, 0.25) is 0 Å². The number of fused-ring (bicyclic) bond motifs is 9. The van der Waals surface area contributed by atoms with Crippen LogP contribution < -0.4 is 0 Å². The Morgan fingerprint density at radius 2 is 0.921 bits per heavy atom. The Hall–Kier alpha value is -11.4. The van der Waals surface area contributed by atoms with Crippen molar-refractivity contribution in [3.63, 3.8) is 0 Å². The zero-order valence-electron chi connectivity index (χ0n) is 50.4. The zero-order valence-corrected chi connectivity index (χ0v) is 50.4. The summed E-state index contributed by atoms with van der Waals surface area (Å²) in [5.74, 6) is 3.23. The van der Waals surface area contributed by atoms with Gasteiger partial charge in [0.15, 0.2) is 23.3 Å². The molecule has 0 bridgehead atoms. The number of aromatic nitrogens is 9. The van der Waals surface area contributed by atoms with Crippen molar-refractivity contribution in [3.8, 4) is 74.8 Å². The molecule has 15 rings (SSSR count). The molecule has 0 amide bonds. The van der Waals surface area contributed by atoms with Crippen molar-refractivity contribution >= 4 is 65.4 Å². The molecule has 5 aromatic heterocycles. The lowest BCUT2D eigenvalue weighted by Crippen LogP contribution is -2.20. The highest BCUT2D eigenvalue weighted by Gasteiger charge is 2.28. The van der Waals surface area contributed by atoms with Crippen LogP contribution in [0, 0.1) is 36.5 Å². The quantitative estimate of drug-likeness (QED) is 0.132. The van der Waals surface area contributed by atoms with Crippen molar-refractivity contribution in [2.24, 2.45) is 0 Å². The fourth-order valence-corrected chi connectivity index (χ4v) is 13.2. The fourth-order valence-electron chi connectivity index (χ4n) is 13.2. The van der Waals surface area contributed by atoms with Gasteiger partial charge in [-0.3, -0.25) is 0 Å². The van der Waals surface area contributed by atoms with Crippen LogP contribution in [0.15, 0.2) is 218 Å². The lowest BCUT2D eigenvalue weighted by molar-refractivity contribution is 0.523. The molecule has 0 atom stereocenters. The van der Waals surface area contributed by atoms with E-state index in [1.165, 1.54) is 27.5 Å². The molecule has 0 fully saturated rings. The van der Waals surface area contributed by atoms with Gasteiger partial charge in [-0.25, -0.2) is 29.9 Å². The van der Waals surface area contributed by atoms with Gasteiger partial charge in [0, 0.05) is 54.7 Å². The van der Waals surface area contributed by atoms with Gasteiger partial charge in [-0.2, -0.15) is 10.5 Å². The third-order valence-corrected chi connectivity index (χ3v) is 17.5. The number of aryl methyl sites for hydroxylation is 2. The Balaban J connectivity index is 0.848. The molecule has 0 aliphatic carbocycles. The summed E-state index contributed by atoms with van der Waals surface area (Å²) in [7, 11) is 0. The smallest absolute Gasteiger partial charge is 0.167 e. The Bertz CT molecular complexity index is 5400. The topological polar surface area (TPSA) is 140 Å². The second-order valence-electron chi connectivity index (χ2n) is 24.8. The molecule has 10 aromatic carbocycles. The van der Waals surface area contributed by atoms with Crippen molar-refractivity contribution in [1.29, 1.82) is 10.5 Å². The van der Waals surface area contributed by atoms with Gasteiger partial charge in [-0.05, 0) is 139 Å². The van der Waals surface area contributed by atoms with Crippen molar-refractivity contribution in [2.75, 3.05) is 0 Å². The maximum atomic E-state index is 11.0. The molecule has 11 nitrogen and oxygen atoms in total. The van der Waals surface area contributed by atoms with E-state index >= 15 is 0 Å². The molecule has 0 saturated carbocycles. The number of hydrogen-bond acceptors (Lipinski definition) is 8. The second kappa shape index (κ2) is 20.9. The average molecular weight is 1150 g/mol. The molecule has 0 spiro atoms. The summed E-state index contributed by atoms with van der Waals surface area (Å²) in [5.41, 5.74) is 16.4. The molecule has 0 aliphatic heterocycles. The van der Waals surface area contributed by atoms with Crippen LogP contribution in [0.5, 0.6) is 0 Å². The molecule has 426 valence electrons. The maximum Gasteiger partial charge on any atom is 0.167 e. The highest BCUT2D eigenvalue weighted by molar-refractivity contribution is 6.13. The molecule has 0 unspecified atom stereocenters. The number of benzene rings is 10. The largest absolute Gasteiger partial charge is 0.309 e. The minimum Gasteiger partial charge on any atom is -0.309 e. The second-order valence-corrected chi connectivity index (χ2v) is 24.8. The van der Waals surface area contributed by atoms with E-state index in [2.05, 4.69) is 193 Å². The summed E-state index contributed by atoms with van der Waals surface area (Å²) in [6.45, 7) is 15.2. The van der Waals surface area contributed by atoms with Gasteiger partial charge >= 0.3 is 0 Å². The first kappa shape index (κ1) is 54.3. The standard InChI is InChI=1S/C78H59N11/c1-47-81-48(2)83-75(82-47)63-40-50(45-79)30-36-69(63)89-65-27-17-14-24-57(65)59-34-33-56(43-71(59)89)87-64-26-16-15-25-58(64)60-39-49(29-35-66(60)87)44-78(6,7)55-32-38-68-62(42-55)61-41-54(77(3,4)5)31-37-67(61)88(68)70-28-18-23-53(46-80)72(70)76-85-73(51-19-10-8-11-20-51)84-74(86-76)52-21-12-9-13-22-52/h8-43H,44H2,1-7H3. The molecule has 0 N–H and O–H groups in total. The van der Waals surface area contributed by atoms with E-state index in [0.717, 1.165) is 94.8 Å². The highest BCUT2D eigenvalue weighted by Crippen LogP contribution is 2.44. The molecular formula is C78H59N11. The maximum absolute atomic E-state index is 11.0. The van der Waals surface area contributed by atoms with Crippen LogP contribution in [-0.2, 0) is 17.3 Å². The predicted molar refractivity (Wildman–Crippen MR) is 359 cm³/mol. The Morgan fingerprint density at radius 3 is 1.57 bits per heavy atom. The zero-order chi connectivity index (χ0) is 60.9. The van der Waals surface area contributed by atoms with Crippen LogP contribution in [0.2, 0.25) is 0 Å².